The smallest absolute Gasteiger partial charge is 0.200 e. The predicted octanol–water partition coefficient (Wildman–Crippen LogP) is -0.0225. The number of nitrogens with two attached hydrogens (primary N) is 1. The van der Waals surface area contributed by atoms with Crippen molar-refractivity contribution in [2.45, 2.75) is 20.1 Å². The van der Waals surface area contributed by atoms with Gasteiger partial charge in [0.25, 0.3) is 0 Å². The highest BCUT2D eigenvalue weighted by Crippen LogP contribution is 2.05. The fraction of sp³-hybridized carbons (Fsp3) is 0.500. The highest BCUT2D eigenvalue weighted by atomic mass is 16.3. The van der Waals surface area contributed by atoms with Gasteiger partial charge in [0, 0.05) is 6.54 Å². The Morgan fingerprint density at radius 1 is 1.80 bits per heavy atom. The topological polar surface area (TPSA) is 64.1 Å². The summed E-state index contributed by atoms with van der Waals surface area (Å²) < 4.78 is 1.76. The maximum atomic E-state index is 8.75. The summed E-state index contributed by atoms with van der Waals surface area (Å²) in [7, 11) is 0. The summed E-state index contributed by atoms with van der Waals surface area (Å²) >= 11 is 0. The first-order valence-corrected chi connectivity index (χ1v) is 3.20. The average Bonchev–Trinajstić information content (AvgIpc) is 2.30. The molecule has 0 fully saturated rings. The molecule has 0 amide bonds. The zero-order valence-electron chi connectivity index (χ0n) is 5.91. The highest BCUT2D eigenvalue weighted by molar-refractivity contribution is 5.21. The van der Waals surface area contributed by atoms with Crippen molar-refractivity contribution in [1.29, 1.82) is 0 Å². The van der Waals surface area contributed by atoms with Crippen LogP contribution >= 0.6 is 0 Å². The number of anilines is 1. The van der Waals surface area contributed by atoms with Gasteiger partial charge in [-0.1, -0.05) is 0 Å². The summed E-state index contributed by atoms with van der Waals surface area (Å²) in [6.07, 6.45) is 1.58. The van der Waals surface area contributed by atoms with E-state index in [2.05, 4.69) is 4.98 Å². The van der Waals surface area contributed by atoms with E-state index in [1.165, 1.54) is 0 Å². The fourth-order valence-electron chi connectivity index (χ4n) is 0.918. The van der Waals surface area contributed by atoms with Crippen LogP contribution in [0, 0.1) is 0 Å². The van der Waals surface area contributed by atoms with Crippen molar-refractivity contribution in [2.24, 2.45) is 0 Å². The van der Waals surface area contributed by atoms with Gasteiger partial charge in [0.05, 0.1) is 18.5 Å². The molecule has 56 valence electrons. The first-order valence-electron chi connectivity index (χ1n) is 3.20. The molecule has 1 aromatic heterocycles. The quantitative estimate of drug-likeness (QED) is 0.608. The first-order chi connectivity index (χ1) is 4.79. The van der Waals surface area contributed by atoms with Crippen LogP contribution in [0.4, 0.5) is 5.95 Å². The number of aromatic nitrogens is 2. The summed E-state index contributed by atoms with van der Waals surface area (Å²) in [5.74, 6) is 0.464. The second-order valence-corrected chi connectivity index (χ2v) is 2.01. The van der Waals surface area contributed by atoms with Gasteiger partial charge >= 0.3 is 0 Å². The summed E-state index contributed by atoms with van der Waals surface area (Å²) in [6, 6.07) is 0. The number of aliphatic hydroxyl groups excluding tert-OH is 1. The summed E-state index contributed by atoms with van der Waals surface area (Å²) in [5.41, 5.74) is 6.23. The number of aliphatic hydroxyl groups is 1. The Balaban J connectivity index is 3.01. The highest BCUT2D eigenvalue weighted by Gasteiger charge is 2.01. The molecule has 0 aliphatic heterocycles. The second kappa shape index (κ2) is 2.70. The van der Waals surface area contributed by atoms with Crippen molar-refractivity contribution in [3.63, 3.8) is 0 Å². The molecule has 10 heavy (non-hydrogen) atoms. The molecule has 4 nitrogen and oxygen atoms in total. The first kappa shape index (κ1) is 7.08. The normalized spacial score (nSPS) is 10.2. The summed E-state index contributed by atoms with van der Waals surface area (Å²) in [4.78, 5) is 3.84. The van der Waals surface area contributed by atoms with Crippen LogP contribution in [0.25, 0.3) is 0 Å². The van der Waals surface area contributed by atoms with Gasteiger partial charge in [-0.05, 0) is 6.92 Å². The predicted molar refractivity (Wildman–Crippen MR) is 38.2 cm³/mol. The fourth-order valence-corrected chi connectivity index (χ4v) is 0.918. The van der Waals surface area contributed by atoms with Gasteiger partial charge in [-0.25, -0.2) is 4.98 Å². The molecule has 0 unspecified atom stereocenters. The maximum absolute atomic E-state index is 8.75. The molecular formula is C6H11N3O. The maximum Gasteiger partial charge on any atom is 0.200 e. The average molecular weight is 141 g/mol. The zero-order chi connectivity index (χ0) is 7.56. The lowest BCUT2D eigenvalue weighted by molar-refractivity contribution is 0.271. The Hall–Kier alpha value is -1.03. The van der Waals surface area contributed by atoms with Crippen LogP contribution in [-0.4, -0.2) is 14.7 Å². The number of rotatable bonds is 2. The lowest BCUT2D eigenvalue weighted by Gasteiger charge is -2.02. The minimum absolute atomic E-state index is 0.00194. The number of nitrogens with zero attached hydrogens (tertiary/aromatic N) is 2. The van der Waals surface area contributed by atoms with Crippen LogP contribution in [0.5, 0.6) is 0 Å². The van der Waals surface area contributed by atoms with Gasteiger partial charge in [0.2, 0.25) is 0 Å². The van der Waals surface area contributed by atoms with E-state index in [1.54, 1.807) is 10.8 Å². The Morgan fingerprint density at radius 3 is 2.90 bits per heavy atom. The summed E-state index contributed by atoms with van der Waals surface area (Å²) in [5, 5.41) is 8.75. The standard InChI is InChI=1S/C6H11N3O/c1-2-9-5(4-10)3-8-6(9)7/h3,10H,2,4H2,1H3,(H2,7,8). The SMILES string of the molecule is CCn1c(CO)cnc1N. The third-order valence-corrected chi connectivity index (χ3v) is 1.45. The van der Waals surface area contributed by atoms with Gasteiger partial charge in [-0.3, -0.25) is 0 Å². The van der Waals surface area contributed by atoms with Crippen molar-refractivity contribution in [1.82, 2.24) is 9.55 Å². The van der Waals surface area contributed by atoms with Crippen molar-refractivity contribution in [3.8, 4) is 0 Å². The molecule has 0 saturated carbocycles. The van der Waals surface area contributed by atoms with Crippen molar-refractivity contribution >= 4 is 5.95 Å². The number of nitrogen functional groups attached to an aromatic ring is 1. The lowest BCUT2D eigenvalue weighted by atomic mass is 10.5. The van der Waals surface area contributed by atoms with Gasteiger partial charge < -0.3 is 15.4 Å². The minimum atomic E-state index is -0.00194. The molecule has 1 rings (SSSR count). The largest absolute Gasteiger partial charge is 0.390 e. The molecular weight excluding hydrogens is 130 g/mol. The van der Waals surface area contributed by atoms with Gasteiger partial charge in [-0.2, -0.15) is 0 Å². The monoisotopic (exact) mass is 141 g/mol. The van der Waals surface area contributed by atoms with E-state index in [1.807, 2.05) is 6.92 Å². The number of hydrogen-bond donors (Lipinski definition) is 2. The van der Waals surface area contributed by atoms with E-state index >= 15 is 0 Å². The van der Waals surface area contributed by atoms with Gasteiger partial charge in [-0.15, -0.1) is 0 Å². The number of imidazole rings is 1. The van der Waals surface area contributed by atoms with Crippen LogP contribution in [0.15, 0.2) is 6.20 Å². The van der Waals surface area contributed by atoms with Crippen molar-refractivity contribution in [2.75, 3.05) is 5.73 Å². The minimum Gasteiger partial charge on any atom is -0.390 e. The molecule has 0 spiro atoms. The Bertz CT molecular complexity index is 219. The molecule has 0 aliphatic rings. The molecule has 4 heteroatoms. The molecule has 1 aromatic rings. The lowest BCUT2D eigenvalue weighted by Crippen LogP contribution is -2.04. The van der Waals surface area contributed by atoms with Crippen LogP contribution in [0.3, 0.4) is 0 Å². The number of hydrogen-bond acceptors (Lipinski definition) is 3. The molecule has 0 aromatic carbocycles. The van der Waals surface area contributed by atoms with Crippen LogP contribution < -0.4 is 5.73 Å². The Labute approximate surface area is 59.3 Å². The van der Waals surface area contributed by atoms with E-state index in [9.17, 15) is 0 Å². The third-order valence-electron chi connectivity index (χ3n) is 1.45. The van der Waals surface area contributed by atoms with E-state index < -0.39 is 0 Å². The third kappa shape index (κ3) is 0.974. The Kier molecular flexibility index (Phi) is 1.91. The molecule has 0 aliphatic carbocycles. The van der Waals surface area contributed by atoms with Crippen LogP contribution in [0.2, 0.25) is 0 Å². The molecule has 1 heterocycles. The molecule has 0 atom stereocenters. The summed E-state index contributed by atoms with van der Waals surface area (Å²) in [6.45, 7) is 2.71. The van der Waals surface area contributed by atoms with Crippen LogP contribution in [-0.2, 0) is 13.2 Å². The second-order valence-electron chi connectivity index (χ2n) is 2.01. The van der Waals surface area contributed by atoms with E-state index in [0.717, 1.165) is 12.2 Å². The van der Waals surface area contributed by atoms with Crippen molar-refractivity contribution in [3.05, 3.63) is 11.9 Å². The molecule has 0 saturated heterocycles. The van der Waals surface area contributed by atoms with E-state index in [0.29, 0.717) is 5.95 Å². The molecule has 0 bridgehead atoms. The molecule has 3 N–H and O–H groups in total. The zero-order valence-corrected chi connectivity index (χ0v) is 5.91. The van der Waals surface area contributed by atoms with Crippen LogP contribution in [0.1, 0.15) is 12.6 Å². The molecule has 0 radical (unpaired) electrons. The van der Waals surface area contributed by atoms with E-state index in [-0.39, 0.29) is 6.61 Å². The van der Waals surface area contributed by atoms with Gasteiger partial charge in [0.15, 0.2) is 5.95 Å². The van der Waals surface area contributed by atoms with E-state index in [4.69, 9.17) is 10.8 Å². The van der Waals surface area contributed by atoms with Gasteiger partial charge in [0.1, 0.15) is 0 Å². The Morgan fingerprint density at radius 2 is 2.50 bits per heavy atom. The van der Waals surface area contributed by atoms with Crippen molar-refractivity contribution < 1.29 is 5.11 Å².